The molecule has 1 N–H and O–H groups in total. The number of ether oxygens (including phenoxy) is 2. The van der Waals surface area contributed by atoms with Gasteiger partial charge in [-0.25, -0.2) is 9.97 Å². The number of hydrogen-bond acceptors (Lipinski definition) is 6. The Balaban J connectivity index is 1.68. The molecule has 6 nitrogen and oxygen atoms in total. The lowest BCUT2D eigenvalue weighted by molar-refractivity contribution is 0.0962. The summed E-state index contributed by atoms with van der Waals surface area (Å²) in [5.41, 5.74) is 2.61. The number of benzene rings is 1. The van der Waals surface area contributed by atoms with Crippen LogP contribution in [0.3, 0.4) is 0 Å². The summed E-state index contributed by atoms with van der Waals surface area (Å²) in [6.07, 6.45) is 3.77. The van der Waals surface area contributed by atoms with E-state index in [1.165, 1.54) is 0 Å². The first-order chi connectivity index (χ1) is 12.7. The van der Waals surface area contributed by atoms with E-state index >= 15 is 0 Å². The Morgan fingerprint density at radius 1 is 1.23 bits per heavy atom. The fraction of sp³-hybridized carbons (Fsp3) is 0.450. The number of carbonyl (C=O) groups excluding carboxylic acids is 1. The van der Waals surface area contributed by atoms with Crippen LogP contribution >= 0.6 is 0 Å². The van der Waals surface area contributed by atoms with Crippen LogP contribution in [0.15, 0.2) is 30.5 Å². The van der Waals surface area contributed by atoms with Crippen LogP contribution in [0.4, 0.5) is 5.95 Å². The molecule has 1 aromatic carbocycles. The maximum absolute atomic E-state index is 12.5. The van der Waals surface area contributed by atoms with Crippen molar-refractivity contribution in [3.63, 3.8) is 0 Å². The van der Waals surface area contributed by atoms with Gasteiger partial charge in [0.25, 0.3) is 0 Å². The zero-order valence-electron chi connectivity index (χ0n) is 15.3. The molecular weight excluding hydrogens is 330 g/mol. The van der Waals surface area contributed by atoms with Crippen LogP contribution in [-0.4, -0.2) is 42.6 Å². The number of anilines is 1. The molecule has 1 aliphatic rings. The maximum atomic E-state index is 12.5. The van der Waals surface area contributed by atoms with Gasteiger partial charge in [0, 0.05) is 32.4 Å². The molecule has 1 aromatic heterocycles. The molecule has 1 atom stereocenters. The Morgan fingerprint density at radius 2 is 2.04 bits per heavy atom. The first-order valence-electron chi connectivity index (χ1n) is 9.06. The van der Waals surface area contributed by atoms with Crippen molar-refractivity contribution in [2.75, 3.05) is 32.2 Å². The summed E-state index contributed by atoms with van der Waals surface area (Å²) in [7, 11) is 1.65. The van der Waals surface area contributed by atoms with E-state index in [9.17, 15) is 4.79 Å². The number of nitrogens with zero attached hydrogens (tertiary/aromatic N) is 2. The second kappa shape index (κ2) is 8.76. The van der Waals surface area contributed by atoms with Crippen LogP contribution in [-0.2, 0) is 11.2 Å². The minimum atomic E-state index is 0.106. The fourth-order valence-electron chi connectivity index (χ4n) is 3.16. The van der Waals surface area contributed by atoms with Crippen LogP contribution in [0.5, 0.6) is 5.75 Å². The smallest absolute Gasteiger partial charge is 0.222 e. The highest BCUT2D eigenvalue weighted by Gasteiger charge is 2.28. The lowest BCUT2D eigenvalue weighted by Gasteiger charge is -2.23. The number of carbonyl (C=O) groups is 1. The van der Waals surface area contributed by atoms with Crippen LogP contribution in [0.25, 0.3) is 0 Å². The van der Waals surface area contributed by atoms with E-state index in [2.05, 4.69) is 15.3 Å². The van der Waals surface area contributed by atoms with Crippen molar-refractivity contribution in [1.29, 1.82) is 0 Å². The van der Waals surface area contributed by atoms with Gasteiger partial charge in [0.15, 0.2) is 5.78 Å². The summed E-state index contributed by atoms with van der Waals surface area (Å²) in [4.78, 5) is 21.4. The van der Waals surface area contributed by atoms with Gasteiger partial charge in [-0.05, 0) is 43.4 Å². The predicted molar refractivity (Wildman–Crippen MR) is 100 cm³/mol. The third kappa shape index (κ3) is 4.38. The Kier molecular flexibility index (Phi) is 6.17. The average molecular weight is 355 g/mol. The zero-order chi connectivity index (χ0) is 18.4. The van der Waals surface area contributed by atoms with Gasteiger partial charge in [-0.3, -0.25) is 4.79 Å². The number of fused-ring (bicyclic) bond motifs is 1. The maximum Gasteiger partial charge on any atom is 0.222 e. The lowest BCUT2D eigenvalue weighted by atomic mass is 9.82. The Labute approximate surface area is 154 Å². The molecule has 0 radical (unpaired) electrons. The molecule has 0 unspecified atom stereocenters. The van der Waals surface area contributed by atoms with Gasteiger partial charge in [0.1, 0.15) is 5.75 Å². The van der Waals surface area contributed by atoms with Gasteiger partial charge in [-0.1, -0.05) is 12.1 Å². The van der Waals surface area contributed by atoms with Gasteiger partial charge >= 0.3 is 0 Å². The van der Waals surface area contributed by atoms with Crippen molar-refractivity contribution in [2.45, 2.75) is 32.1 Å². The van der Waals surface area contributed by atoms with Crippen molar-refractivity contribution in [3.05, 3.63) is 47.3 Å². The SMILES string of the molecule is CCOCCCNc1ncc2c(n1)C[C@@H](c1ccc(OC)cc1)CC2=O. The first-order valence-corrected chi connectivity index (χ1v) is 9.06. The van der Waals surface area contributed by atoms with Crippen LogP contribution < -0.4 is 10.1 Å². The van der Waals surface area contributed by atoms with Crippen LogP contribution in [0.1, 0.15) is 47.3 Å². The van der Waals surface area contributed by atoms with Gasteiger partial charge in [-0.15, -0.1) is 0 Å². The summed E-state index contributed by atoms with van der Waals surface area (Å²) in [5.74, 6) is 1.64. The van der Waals surface area contributed by atoms with E-state index in [0.717, 1.165) is 43.0 Å². The Bertz CT molecular complexity index is 746. The molecule has 0 fully saturated rings. The lowest BCUT2D eigenvalue weighted by Crippen LogP contribution is -2.21. The fourth-order valence-corrected chi connectivity index (χ4v) is 3.16. The molecule has 0 amide bonds. The summed E-state index contributed by atoms with van der Waals surface area (Å²) in [6, 6.07) is 7.91. The van der Waals surface area contributed by atoms with Crippen LogP contribution in [0, 0.1) is 0 Å². The second-order valence-corrected chi connectivity index (χ2v) is 6.33. The molecule has 0 bridgehead atoms. The van der Waals surface area contributed by atoms with E-state index in [1.807, 2.05) is 31.2 Å². The number of methoxy groups -OCH3 is 1. The average Bonchev–Trinajstić information content (AvgIpc) is 2.67. The summed E-state index contributed by atoms with van der Waals surface area (Å²) in [5, 5.41) is 3.21. The van der Waals surface area contributed by atoms with Gasteiger partial charge in [0.2, 0.25) is 5.95 Å². The number of rotatable bonds is 8. The van der Waals surface area contributed by atoms with E-state index in [0.29, 0.717) is 24.5 Å². The highest BCUT2D eigenvalue weighted by Crippen LogP contribution is 2.32. The molecule has 0 spiro atoms. The molecular formula is C20H25N3O3. The third-order valence-electron chi connectivity index (χ3n) is 4.58. The van der Waals surface area contributed by atoms with Gasteiger partial charge in [0.05, 0.1) is 18.4 Å². The molecule has 1 aliphatic carbocycles. The standard InChI is InChI=1S/C20H25N3O3/c1-3-26-10-4-9-21-20-22-13-17-18(23-20)11-15(12-19(17)24)14-5-7-16(25-2)8-6-14/h5-8,13,15H,3-4,9-12H2,1-2H3,(H,21,22,23)/t15-/m1/s1. The predicted octanol–water partition coefficient (Wildman–Crippen LogP) is 3.24. The summed E-state index contributed by atoms with van der Waals surface area (Å²) < 4.78 is 10.5. The number of ketones is 1. The van der Waals surface area contributed by atoms with Crippen molar-refractivity contribution in [2.24, 2.45) is 0 Å². The van der Waals surface area contributed by atoms with Crippen molar-refractivity contribution in [3.8, 4) is 5.75 Å². The molecule has 138 valence electrons. The number of Topliss-reactive ketones (excluding diaryl/α,β-unsaturated/α-hetero) is 1. The molecule has 0 saturated heterocycles. The molecule has 26 heavy (non-hydrogen) atoms. The van der Waals surface area contributed by atoms with Gasteiger partial charge < -0.3 is 14.8 Å². The molecule has 1 heterocycles. The third-order valence-corrected chi connectivity index (χ3v) is 4.58. The normalized spacial score (nSPS) is 16.2. The quantitative estimate of drug-likeness (QED) is 0.733. The second-order valence-electron chi connectivity index (χ2n) is 6.33. The van der Waals surface area contributed by atoms with E-state index in [1.54, 1.807) is 13.3 Å². The minimum Gasteiger partial charge on any atom is -0.497 e. The molecule has 0 saturated carbocycles. The minimum absolute atomic E-state index is 0.106. The van der Waals surface area contributed by atoms with E-state index in [-0.39, 0.29) is 11.7 Å². The highest BCUT2D eigenvalue weighted by molar-refractivity contribution is 5.98. The van der Waals surface area contributed by atoms with E-state index in [4.69, 9.17) is 9.47 Å². The Hall–Kier alpha value is -2.47. The largest absolute Gasteiger partial charge is 0.497 e. The molecule has 3 rings (SSSR count). The zero-order valence-corrected chi connectivity index (χ0v) is 15.3. The van der Waals surface area contributed by atoms with Crippen LogP contribution in [0.2, 0.25) is 0 Å². The number of aromatic nitrogens is 2. The Morgan fingerprint density at radius 3 is 2.77 bits per heavy atom. The molecule has 6 heteroatoms. The summed E-state index contributed by atoms with van der Waals surface area (Å²) in [6.45, 7) is 4.17. The number of nitrogens with one attached hydrogen (secondary N) is 1. The van der Waals surface area contributed by atoms with Gasteiger partial charge in [-0.2, -0.15) is 0 Å². The number of hydrogen-bond donors (Lipinski definition) is 1. The molecule has 2 aromatic rings. The topological polar surface area (TPSA) is 73.3 Å². The van der Waals surface area contributed by atoms with E-state index < -0.39 is 0 Å². The summed E-state index contributed by atoms with van der Waals surface area (Å²) >= 11 is 0. The molecule has 0 aliphatic heterocycles. The van der Waals surface area contributed by atoms with Crippen molar-refractivity contribution >= 4 is 11.7 Å². The monoisotopic (exact) mass is 355 g/mol. The van der Waals surface area contributed by atoms with Crippen molar-refractivity contribution < 1.29 is 14.3 Å². The first kappa shape index (κ1) is 18.3. The highest BCUT2D eigenvalue weighted by atomic mass is 16.5. The van der Waals surface area contributed by atoms with Crippen molar-refractivity contribution in [1.82, 2.24) is 9.97 Å².